The van der Waals surface area contributed by atoms with Crippen molar-refractivity contribution in [3.63, 3.8) is 0 Å². The molecule has 39 heavy (non-hydrogen) atoms. The van der Waals surface area contributed by atoms with Crippen LogP contribution in [0.3, 0.4) is 0 Å². The second kappa shape index (κ2) is 17.3. The van der Waals surface area contributed by atoms with Crippen LogP contribution in [0.25, 0.3) is 11.1 Å². The van der Waals surface area contributed by atoms with E-state index in [4.69, 9.17) is 14.2 Å². The average molecular weight is 531 g/mol. The third kappa shape index (κ3) is 11.2. The SMILES string of the molecule is CCCCCCCCOc1ccc(OC(=O)c2ccc(-c3ccc(OC(C)CCCCCC)cc3)cc2)cc1. The van der Waals surface area contributed by atoms with Crippen molar-refractivity contribution in [3.8, 4) is 28.4 Å². The summed E-state index contributed by atoms with van der Waals surface area (Å²) in [5.41, 5.74) is 2.63. The molecule has 0 N–H and O–H groups in total. The first-order chi connectivity index (χ1) is 19.1. The molecule has 0 heterocycles. The molecule has 0 spiro atoms. The topological polar surface area (TPSA) is 44.8 Å². The van der Waals surface area contributed by atoms with Gasteiger partial charge in [-0.25, -0.2) is 4.79 Å². The van der Waals surface area contributed by atoms with E-state index in [1.807, 2.05) is 36.4 Å². The van der Waals surface area contributed by atoms with Gasteiger partial charge in [0.05, 0.1) is 18.3 Å². The van der Waals surface area contributed by atoms with Crippen LogP contribution in [0.1, 0.15) is 102 Å². The maximum atomic E-state index is 12.7. The van der Waals surface area contributed by atoms with Gasteiger partial charge in [0.2, 0.25) is 0 Å². The summed E-state index contributed by atoms with van der Waals surface area (Å²) in [7, 11) is 0. The largest absolute Gasteiger partial charge is 0.494 e. The van der Waals surface area contributed by atoms with Gasteiger partial charge in [-0.3, -0.25) is 0 Å². The van der Waals surface area contributed by atoms with Crippen molar-refractivity contribution in [3.05, 3.63) is 78.4 Å². The van der Waals surface area contributed by atoms with Gasteiger partial charge in [0.25, 0.3) is 0 Å². The van der Waals surface area contributed by atoms with Crippen LogP contribution in [0.5, 0.6) is 17.2 Å². The maximum Gasteiger partial charge on any atom is 0.343 e. The lowest BCUT2D eigenvalue weighted by molar-refractivity contribution is 0.0734. The van der Waals surface area contributed by atoms with E-state index < -0.39 is 0 Å². The minimum atomic E-state index is -0.376. The highest BCUT2D eigenvalue weighted by atomic mass is 16.5. The fourth-order valence-corrected chi connectivity index (χ4v) is 4.52. The Kier molecular flexibility index (Phi) is 13.5. The molecule has 0 amide bonds. The summed E-state index contributed by atoms with van der Waals surface area (Å²) < 4.78 is 17.4. The van der Waals surface area contributed by atoms with E-state index in [0.29, 0.717) is 17.9 Å². The number of hydrogen-bond acceptors (Lipinski definition) is 4. The van der Waals surface area contributed by atoms with Crippen molar-refractivity contribution < 1.29 is 19.0 Å². The monoisotopic (exact) mass is 530 g/mol. The summed E-state index contributed by atoms with van der Waals surface area (Å²) in [6.45, 7) is 7.31. The van der Waals surface area contributed by atoms with Crippen molar-refractivity contribution in [2.45, 2.75) is 97.5 Å². The Bertz CT molecular complexity index is 1070. The molecule has 0 aliphatic heterocycles. The molecule has 0 aliphatic rings. The first-order valence-corrected chi connectivity index (χ1v) is 14.9. The molecule has 3 rings (SSSR count). The van der Waals surface area contributed by atoms with Gasteiger partial charge in [-0.05, 0) is 85.8 Å². The average Bonchev–Trinajstić information content (AvgIpc) is 2.96. The number of carbonyl (C=O) groups is 1. The Balaban J connectivity index is 1.43. The van der Waals surface area contributed by atoms with E-state index in [2.05, 4.69) is 32.9 Å². The Morgan fingerprint density at radius 2 is 1.13 bits per heavy atom. The minimum Gasteiger partial charge on any atom is -0.494 e. The minimum absolute atomic E-state index is 0.215. The van der Waals surface area contributed by atoms with E-state index in [1.165, 1.54) is 57.8 Å². The van der Waals surface area contributed by atoms with Gasteiger partial charge < -0.3 is 14.2 Å². The molecule has 0 saturated carbocycles. The first kappa shape index (κ1) is 30.3. The summed E-state index contributed by atoms with van der Waals surface area (Å²) in [5.74, 6) is 1.82. The Hall–Kier alpha value is -3.27. The number of benzene rings is 3. The van der Waals surface area contributed by atoms with Crippen molar-refractivity contribution in [2.24, 2.45) is 0 Å². The maximum absolute atomic E-state index is 12.7. The summed E-state index contributed by atoms with van der Waals surface area (Å²) in [5, 5.41) is 0. The zero-order valence-corrected chi connectivity index (χ0v) is 24.1. The molecular formula is C35H46O4. The van der Waals surface area contributed by atoms with Crippen LogP contribution in [0.15, 0.2) is 72.8 Å². The standard InChI is InChI=1S/C35H46O4/c1-4-6-8-10-11-13-27-37-32-23-25-34(26-24-32)39-35(36)31-17-15-29(16-18-31)30-19-21-33(22-20-30)38-28(3)14-12-9-7-5-2/h15-26,28H,4-14,27H2,1-3H3. The predicted molar refractivity (Wildman–Crippen MR) is 161 cm³/mol. The normalized spacial score (nSPS) is 11.7. The fourth-order valence-electron chi connectivity index (χ4n) is 4.52. The molecule has 0 fully saturated rings. The lowest BCUT2D eigenvalue weighted by Gasteiger charge is -2.15. The van der Waals surface area contributed by atoms with Crippen LogP contribution in [-0.4, -0.2) is 18.7 Å². The first-order valence-electron chi connectivity index (χ1n) is 14.9. The van der Waals surface area contributed by atoms with Crippen LogP contribution < -0.4 is 14.2 Å². The molecule has 3 aromatic rings. The third-order valence-corrected chi connectivity index (χ3v) is 6.91. The van der Waals surface area contributed by atoms with Crippen LogP contribution in [0, 0.1) is 0 Å². The zero-order chi connectivity index (χ0) is 27.7. The highest BCUT2D eigenvalue weighted by Crippen LogP contribution is 2.25. The van der Waals surface area contributed by atoms with Gasteiger partial charge in [-0.2, -0.15) is 0 Å². The van der Waals surface area contributed by atoms with E-state index in [9.17, 15) is 4.79 Å². The van der Waals surface area contributed by atoms with Crippen LogP contribution in [0.4, 0.5) is 0 Å². The number of carbonyl (C=O) groups excluding carboxylic acids is 1. The molecule has 0 bridgehead atoms. The zero-order valence-electron chi connectivity index (χ0n) is 24.1. The van der Waals surface area contributed by atoms with Gasteiger partial charge in [-0.1, -0.05) is 89.5 Å². The molecule has 3 aromatic carbocycles. The van der Waals surface area contributed by atoms with Crippen molar-refractivity contribution in [1.82, 2.24) is 0 Å². The second-order valence-corrected chi connectivity index (χ2v) is 10.4. The van der Waals surface area contributed by atoms with E-state index in [-0.39, 0.29) is 12.1 Å². The quantitative estimate of drug-likeness (QED) is 0.0932. The summed E-state index contributed by atoms with van der Waals surface area (Å²) in [6.07, 6.45) is 13.7. The molecule has 4 nitrogen and oxygen atoms in total. The van der Waals surface area contributed by atoms with Crippen LogP contribution >= 0.6 is 0 Å². The molecule has 210 valence electrons. The molecule has 0 saturated heterocycles. The number of unbranched alkanes of at least 4 members (excludes halogenated alkanes) is 8. The molecule has 0 aromatic heterocycles. The molecule has 1 atom stereocenters. The lowest BCUT2D eigenvalue weighted by Crippen LogP contribution is -2.11. The number of rotatable bonds is 18. The molecule has 0 radical (unpaired) electrons. The number of ether oxygens (including phenoxy) is 3. The molecule has 0 aliphatic carbocycles. The molecule has 4 heteroatoms. The Labute approximate surface area is 235 Å². The second-order valence-electron chi connectivity index (χ2n) is 10.4. The summed E-state index contributed by atoms with van der Waals surface area (Å²) >= 11 is 0. The highest BCUT2D eigenvalue weighted by Gasteiger charge is 2.10. The van der Waals surface area contributed by atoms with Gasteiger partial charge in [-0.15, -0.1) is 0 Å². The van der Waals surface area contributed by atoms with Crippen molar-refractivity contribution >= 4 is 5.97 Å². The van der Waals surface area contributed by atoms with Gasteiger partial charge in [0.1, 0.15) is 17.2 Å². The smallest absolute Gasteiger partial charge is 0.343 e. The fraction of sp³-hybridized carbons (Fsp3) is 0.457. The van der Waals surface area contributed by atoms with Crippen LogP contribution in [0.2, 0.25) is 0 Å². The van der Waals surface area contributed by atoms with Crippen molar-refractivity contribution in [1.29, 1.82) is 0 Å². The molecule has 1 unspecified atom stereocenters. The van der Waals surface area contributed by atoms with Gasteiger partial charge in [0.15, 0.2) is 0 Å². The summed E-state index contributed by atoms with van der Waals surface area (Å²) in [4.78, 5) is 12.7. The highest BCUT2D eigenvalue weighted by molar-refractivity contribution is 5.91. The summed E-state index contributed by atoms with van der Waals surface area (Å²) in [6, 6.07) is 22.9. The third-order valence-electron chi connectivity index (χ3n) is 6.91. The number of hydrogen-bond donors (Lipinski definition) is 0. The molecular weight excluding hydrogens is 484 g/mol. The number of esters is 1. The van der Waals surface area contributed by atoms with Gasteiger partial charge >= 0.3 is 5.97 Å². The van der Waals surface area contributed by atoms with E-state index >= 15 is 0 Å². The van der Waals surface area contributed by atoms with Crippen LogP contribution in [-0.2, 0) is 0 Å². The van der Waals surface area contributed by atoms with E-state index in [0.717, 1.165) is 35.5 Å². The Morgan fingerprint density at radius 3 is 1.77 bits per heavy atom. The lowest BCUT2D eigenvalue weighted by atomic mass is 10.0. The predicted octanol–water partition coefficient (Wildman–Crippen LogP) is 10.0. The van der Waals surface area contributed by atoms with Gasteiger partial charge in [0, 0.05) is 0 Å². The Morgan fingerprint density at radius 1 is 0.615 bits per heavy atom. The van der Waals surface area contributed by atoms with E-state index in [1.54, 1.807) is 24.3 Å². The van der Waals surface area contributed by atoms with Crippen molar-refractivity contribution in [2.75, 3.05) is 6.61 Å².